The van der Waals surface area contributed by atoms with Crippen LogP contribution in [0.25, 0.3) is 0 Å². The molecule has 0 saturated carbocycles. The Labute approximate surface area is 118 Å². The Balaban J connectivity index is 2.24. The van der Waals surface area contributed by atoms with Gasteiger partial charge in [-0.1, -0.05) is 11.3 Å². The molecule has 0 aliphatic heterocycles. The van der Waals surface area contributed by atoms with Crippen molar-refractivity contribution in [3.8, 4) is 0 Å². The van der Waals surface area contributed by atoms with Crippen LogP contribution in [0, 0.1) is 15.9 Å². The summed E-state index contributed by atoms with van der Waals surface area (Å²) in [6, 6.07) is 2.93. The molecule has 0 spiro atoms. The average molecular weight is 346 g/mol. The van der Waals surface area contributed by atoms with E-state index in [0.717, 1.165) is 15.9 Å². The van der Waals surface area contributed by atoms with E-state index in [1.165, 1.54) is 23.6 Å². The number of amides is 1. The molecule has 0 aliphatic rings. The third kappa shape index (κ3) is 3.12. The van der Waals surface area contributed by atoms with Gasteiger partial charge in [0.15, 0.2) is 5.13 Å². The number of rotatable bonds is 3. The lowest BCUT2D eigenvalue weighted by Crippen LogP contribution is -2.12. The fourth-order valence-corrected chi connectivity index (χ4v) is 2.38. The molecule has 0 bridgehead atoms. The van der Waals surface area contributed by atoms with Crippen molar-refractivity contribution in [1.82, 2.24) is 4.98 Å². The molecule has 9 heteroatoms. The summed E-state index contributed by atoms with van der Waals surface area (Å²) in [4.78, 5) is 25.4. The molecular weight excluding hydrogens is 341 g/mol. The van der Waals surface area contributed by atoms with E-state index < -0.39 is 22.3 Å². The lowest BCUT2D eigenvalue weighted by atomic mass is 10.2. The lowest BCUT2D eigenvalue weighted by Gasteiger charge is -2.02. The van der Waals surface area contributed by atoms with E-state index in [1.54, 1.807) is 0 Å². The fourth-order valence-electron chi connectivity index (χ4n) is 1.28. The van der Waals surface area contributed by atoms with Crippen LogP contribution in [0.4, 0.5) is 15.2 Å². The Morgan fingerprint density at radius 2 is 2.26 bits per heavy atom. The number of aromatic nitrogens is 1. The first-order chi connectivity index (χ1) is 8.97. The standard InChI is InChI=1S/C10H5BrFN3O3S/c11-8-4-13-10(19-8)14-9(16)5-1-2-6(12)7(3-5)15(17)18/h1-4H,(H,13,14,16). The van der Waals surface area contributed by atoms with E-state index >= 15 is 0 Å². The summed E-state index contributed by atoms with van der Waals surface area (Å²) in [5.41, 5.74) is -0.757. The fraction of sp³-hybridized carbons (Fsp3) is 0. The Morgan fingerprint density at radius 3 is 2.84 bits per heavy atom. The molecule has 98 valence electrons. The summed E-state index contributed by atoms with van der Waals surface area (Å²) < 4.78 is 13.9. The molecule has 1 aromatic heterocycles. The Bertz CT molecular complexity index is 661. The van der Waals surface area contributed by atoms with Crippen LogP contribution < -0.4 is 5.32 Å². The summed E-state index contributed by atoms with van der Waals surface area (Å²) in [7, 11) is 0. The highest BCUT2D eigenvalue weighted by atomic mass is 79.9. The van der Waals surface area contributed by atoms with Gasteiger partial charge in [-0.25, -0.2) is 4.98 Å². The van der Waals surface area contributed by atoms with Gasteiger partial charge in [0, 0.05) is 11.6 Å². The Kier molecular flexibility index (Phi) is 3.86. The normalized spacial score (nSPS) is 10.2. The molecule has 0 fully saturated rings. The third-order valence-electron chi connectivity index (χ3n) is 2.10. The summed E-state index contributed by atoms with van der Waals surface area (Å²) >= 11 is 4.37. The van der Waals surface area contributed by atoms with Gasteiger partial charge in [0.2, 0.25) is 5.82 Å². The summed E-state index contributed by atoms with van der Waals surface area (Å²) in [6.45, 7) is 0. The van der Waals surface area contributed by atoms with E-state index in [0.29, 0.717) is 5.13 Å². The molecule has 0 unspecified atom stereocenters. The van der Waals surface area contributed by atoms with Crippen LogP contribution in [0.3, 0.4) is 0 Å². The highest BCUT2D eigenvalue weighted by molar-refractivity contribution is 9.11. The zero-order valence-electron chi connectivity index (χ0n) is 9.09. The van der Waals surface area contributed by atoms with Crippen LogP contribution in [0.1, 0.15) is 10.4 Å². The smallest absolute Gasteiger partial charge is 0.298 e. The average Bonchev–Trinajstić information content (AvgIpc) is 2.74. The highest BCUT2D eigenvalue weighted by Crippen LogP contribution is 2.24. The number of hydrogen-bond acceptors (Lipinski definition) is 5. The largest absolute Gasteiger partial charge is 0.305 e. The molecule has 0 aliphatic carbocycles. The van der Waals surface area contributed by atoms with Gasteiger partial charge < -0.3 is 0 Å². The number of anilines is 1. The Hall–Kier alpha value is -1.87. The van der Waals surface area contributed by atoms with Crippen LogP contribution in [-0.4, -0.2) is 15.8 Å². The van der Waals surface area contributed by atoms with E-state index in [9.17, 15) is 19.3 Å². The van der Waals surface area contributed by atoms with E-state index in [1.807, 2.05) is 0 Å². The van der Waals surface area contributed by atoms with Crippen molar-refractivity contribution >= 4 is 44.0 Å². The van der Waals surface area contributed by atoms with Gasteiger partial charge in [0.25, 0.3) is 5.91 Å². The minimum absolute atomic E-state index is 0.0144. The second kappa shape index (κ2) is 5.41. The molecule has 2 aromatic rings. The molecule has 1 N–H and O–H groups in total. The van der Waals surface area contributed by atoms with Crippen molar-refractivity contribution < 1.29 is 14.1 Å². The molecule has 0 atom stereocenters. The molecule has 6 nitrogen and oxygen atoms in total. The summed E-state index contributed by atoms with van der Waals surface area (Å²) in [5, 5.41) is 13.4. The maximum absolute atomic E-state index is 13.1. The predicted octanol–water partition coefficient (Wildman–Crippen LogP) is 3.21. The van der Waals surface area contributed by atoms with Crippen LogP contribution in [0.5, 0.6) is 0 Å². The topological polar surface area (TPSA) is 85.1 Å². The van der Waals surface area contributed by atoms with Crippen molar-refractivity contribution in [2.24, 2.45) is 0 Å². The molecule has 0 saturated heterocycles. The monoisotopic (exact) mass is 345 g/mol. The molecule has 1 aromatic carbocycles. The first-order valence-corrected chi connectivity index (χ1v) is 6.45. The summed E-state index contributed by atoms with van der Waals surface area (Å²) in [5.74, 6) is -1.58. The number of benzene rings is 1. The van der Waals surface area contributed by atoms with Crippen LogP contribution in [0.15, 0.2) is 28.2 Å². The number of hydrogen-bond donors (Lipinski definition) is 1. The zero-order chi connectivity index (χ0) is 14.0. The SMILES string of the molecule is O=C(Nc1ncc(Br)s1)c1ccc(F)c([N+](=O)[O-])c1. The number of carbonyl (C=O) groups excluding carboxylic acids is 1. The van der Waals surface area contributed by atoms with Gasteiger partial charge >= 0.3 is 5.69 Å². The minimum Gasteiger partial charge on any atom is -0.298 e. The van der Waals surface area contributed by atoms with E-state index in [4.69, 9.17) is 0 Å². The highest BCUT2D eigenvalue weighted by Gasteiger charge is 2.18. The van der Waals surface area contributed by atoms with Crippen LogP contribution in [-0.2, 0) is 0 Å². The maximum Gasteiger partial charge on any atom is 0.305 e. The number of thiazole rings is 1. The second-order valence-corrected chi connectivity index (χ2v) is 5.76. The predicted molar refractivity (Wildman–Crippen MR) is 70.8 cm³/mol. The molecule has 0 radical (unpaired) electrons. The quantitative estimate of drug-likeness (QED) is 0.683. The van der Waals surface area contributed by atoms with Gasteiger partial charge in [-0.3, -0.25) is 20.2 Å². The van der Waals surface area contributed by atoms with Crippen molar-refractivity contribution in [2.75, 3.05) is 5.32 Å². The van der Waals surface area contributed by atoms with Gasteiger partial charge in [0.05, 0.1) is 14.9 Å². The van der Waals surface area contributed by atoms with Crippen molar-refractivity contribution in [3.63, 3.8) is 0 Å². The molecule has 1 heterocycles. The number of nitrogens with zero attached hydrogens (tertiary/aromatic N) is 2. The molecular formula is C10H5BrFN3O3S. The van der Waals surface area contributed by atoms with Gasteiger partial charge in [-0.2, -0.15) is 4.39 Å². The van der Waals surface area contributed by atoms with Gasteiger partial charge in [-0.15, -0.1) is 0 Å². The zero-order valence-corrected chi connectivity index (χ0v) is 11.5. The van der Waals surface area contributed by atoms with Crippen LogP contribution in [0.2, 0.25) is 0 Å². The third-order valence-corrected chi connectivity index (χ3v) is 3.49. The lowest BCUT2D eigenvalue weighted by molar-refractivity contribution is -0.387. The first-order valence-electron chi connectivity index (χ1n) is 4.84. The van der Waals surface area contributed by atoms with Crippen LogP contribution >= 0.6 is 27.3 Å². The number of nitro benzene ring substituents is 1. The van der Waals surface area contributed by atoms with E-state index in [-0.39, 0.29) is 5.56 Å². The van der Waals surface area contributed by atoms with Gasteiger partial charge in [0.1, 0.15) is 0 Å². The maximum atomic E-state index is 13.1. The minimum atomic E-state index is -0.987. The summed E-state index contributed by atoms with van der Waals surface area (Å²) in [6.07, 6.45) is 1.51. The van der Waals surface area contributed by atoms with Gasteiger partial charge in [-0.05, 0) is 28.1 Å². The van der Waals surface area contributed by atoms with Crippen molar-refractivity contribution in [2.45, 2.75) is 0 Å². The van der Waals surface area contributed by atoms with E-state index in [2.05, 4.69) is 26.2 Å². The Morgan fingerprint density at radius 1 is 1.53 bits per heavy atom. The number of carbonyl (C=O) groups is 1. The second-order valence-electron chi connectivity index (χ2n) is 3.35. The molecule has 2 rings (SSSR count). The number of halogens is 2. The first kappa shape index (κ1) is 13.6. The molecule has 1 amide bonds. The number of nitro groups is 1. The van der Waals surface area contributed by atoms with Crippen molar-refractivity contribution in [1.29, 1.82) is 0 Å². The number of nitrogens with one attached hydrogen (secondary N) is 1. The molecule has 19 heavy (non-hydrogen) atoms. The van der Waals surface area contributed by atoms with Crippen molar-refractivity contribution in [3.05, 3.63) is 49.7 Å².